The molecule has 1 aromatic carbocycles. The third-order valence-electron chi connectivity index (χ3n) is 2.10. The van der Waals surface area contributed by atoms with Crippen LogP contribution in [-0.4, -0.2) is 4.92 Å². The Morgan fingerprint density at radius 1 is 1.41 bits per heavy atom. The van der Waals surface area contributed by atoms with Crippen molar-refractivity contribution in [3.8, 4) is 5.75 Å². The molecule has 1 heterocycles. The Kier molecular flexibility index (Phi) is 3.61. The maximum atomic E-state index is 10.6. The molecule has 0 fully saturated rings. The summed E-state index contributed by atoms with van der Waals surface area (Å²) in [6.45, 7) is 0.352. The zero-order chi connectivity index (χ0) is 12.3. The van der Waals surface area contributed by atoms with Crippen LogP contribution in [0.3, 0.4) is 0 Å². The van der Waals surface area contributed by atoms with E-state index >= 15 is 0 Å². The Morgan fingerprint density at radius 2 is 2.24 bits per heavy atom. The van der Waals surface area contributed by atoms with E-state index in [4.69, 9.17) is 16.3 Å². The Hall–Kier alpha value is -1.59. The number of benzene rings is 1. The lowest BCUT2D eigenvalue weighted by Crippen LogP contribution is -1.95. The molecule has 1 aromatic heterocycles. The van der Waals surface area contributed by atoms with E-state index in [1.807, 2.05) is 16.8 Å². The number of hydrogen-bond donors (Lipinski definition) is 0. The summed E-state index contributed by atoms with van der Waals surface area (Å²) in [4.78, 5) is 10.1. The van der Waals surface area contributed by atoms with Gasteiger partial charge in [-0.1, -0.05) is 11.6 Å². The third kappa shape index (κ3) is 2.95. The highest BCUT2D eigenvalue weighted by Crippen LogP contribution is 2.29. The fourth-order valence-corrected chi connectivity index (χ4v) is 2.08. The molecule has 6 heteroatoms. The molecule has 88 valence electrons. The van der Waals surface area contributed by atoms with Crippen molar-refractivity contribution < 1.29 is 9.66 Å². The number of ether oxygens (including phenoxy) is 1. The maximum Gasteiger partial charge on any atom is 0.273 e. The molecule has 17 heavy (non-hydrogen) atoms. The minimum atomic E-state index is -0.478. The zero-order valence-corrected chi connectivity index (χ0v) is 10.2. The van der Waals surface area contributed by atoms with Gasteiger partial charge in [0.15, 0.2) is 0 Å². The molecule has 2 rings (SSSR count). The summed E-state index contributed by atoms with van der Waals surface area (Å²) < 4.78 is 5.44. The lowest BCUT2D eigenvalue weighted by Gasteiger charge is -2.06. The molecule has 0 aliphatic heterocycles. The van der Waals surface area contributed by atoms with Crippen LogP contribution in [-0.2, 0) is 6.61 Å². The average molecular weight is 270 g/mol. The second-order valence-electron chi connectivity index (χ2n) is 3.29. The SMILES string of the molecule is O=[N+]([O-])c1ccc(Cl)c(OCc2ccsc2)c1. The normalized spacial score (nSPS) is 10.2. The van der Waals surface area contributed by atoms with E-state index in [0.29, 0.717) is 17.4 Å². The number of halogens is 1. The van der Waals surface area contributed by atoms with E-state index in [1.165, 1.54) is 18.2 Å². The summed E-state index contributed by atoms with van der Waals surface area (Å²) in [5, 5.41) is 14.9. The zero-order valence-electron chi connectivity index (χ0n) is 8.63. The summed E-state index contributed by atoms with van der Waals surface area (Å²) in [6.07, 6.45) is 0. The summed E-state index contributed by atoms with van der Waals surface area (Å²) in [5.74, 6) is 0.326. The second kappa shape index (κ2) is 5.16. The van der Waals surface area contributed by atoms with Gasteiger partial charge in [-0.15, -0.1) is 0 Å². The minimum absolute atomic E-state index is 0.0327. The maximum absolute atomic E-state index is 10.6. The van der Waals surface area contributed by atoms with Crippen molar-refractivity contribution in [2.24, 2.45) is 0 Å². The summed E-state index contributed by atoms with van der Waals surface area (Å²) in [7, 11) is 0. The van der Waals surface area contributed by atoms with Crippen molar-refractivity contribution in [1.82, 2.24) is 0 Å². The molecule has 0 saturated heterocycles. The molecule has 4 nitrogen and oxygen atoms in total. The smallest absolute Gasteiger partial charge is 0.273 e. The van der Waals surface area contributed by atoms with Gasteiger partial charge >= 0.3 is 0 Å². The lowest BCUT2D eigenvalue weighted by molar-refractivity contribution is -0.384. The van der Waals surface area contributed by atoms with Crippen LogP contribution in [0.5, 0.6) is 5.75 Å². The van der Waals surface area contributed by atoms with Crippen LogP contribution in [0.15, 0.2) is 35.0 Å². The predicted octanol–water partition coefficient (Wildman–Crippen LogP) is 3.89. The minimum Gasteiger partial charge on any atom is -0.487 e. The standard InChI is InChI=1S/C11H8ClNO3S/c12-10-2-1-9(13(14)15)5-11(10)16-6-8-3-4-17-7-8/h1-5,7H,6H2. The monoisotopic (exact) mass is 269 g/mol. The number of hydrogen-bond acceptors (Lipinski definition) is 4. The first-order valence-electron chi connectivity index (χ1n) is 4.74. The Labute approximate surface area is 107 Å². The van der Waals surface area contributed by atoms with Crippen molar-refractivity contribution in [3.05, 3.63) is 55.7 Å². The number of thiophene rings is 1. The number of rotatable bonds is 4. The van der Waals surface area contributed by atoms with Crippen molar-refractivity contribution >= 4 is 28.6 Å². The molecule has 2 aromatic rings. The van der Waals surface area contributed by atoms with Crippen LogP contribution < -0.4 is 4.74 Å². The van der Waals surface area contributed by atoms with Gasteiger partial charge in [-0.25, -0.2) is 0 Å². The van der Waals surface area contributed by atoms with Gasteiger partial charge in [0, 0.05) is 6.07 Å². The van der Waals surface area contributed by atoms with Crippen molar-refractivity contribution in [2.45, 2.75) is 6.61 Å². The first-order chi connectivity index (χ1) is 8.16. The van der Waals surface area contributed by atoms with Crippen LogP contribution in [0.4, 0.5) is 5.69 Å². The Balaban J connectivity index is 2.14. The summed E-state index contributed by atoms with van der Waals surface area (Å²) >= 11 is 7.46. The molecule has 0 unspecified atom stereocenters. The number of nitro groups is 1. The topological polar surface area (TPSA) is 52.4 Å². The van der Waals surface area contributed by atoms with E-state index in [2.05, 4.69) is 0 Å². The van der Waals surface area contributed by atoms with Crippen molar-refractivity contribution in [2.75, 3.05) is 0 Å². The molecule has 0 N–H and O–H groups in total. The lowest BCUT2D eigenvalue weighted by atomic mass is 10.3. The van der Waals surface area contributed by atoms with E-state index in [9.17, 15) is 10.1 Å². The molecule has 0 atom stereocenters. The molecule has 0 aliphatic carbocycles. The van der Waals surface area contributed by atoms with Crippen LogP contribution in [0.25, 0.3) is 0 Å². The molecule has 0 saturated carbocycles. The molecule has 0 amide bonds. The van der Waals surface area contributed by atoms with E-state index in [-0.39, 0.29) is 5.69 Å². The highest BCUT2D eigenvalue weighted by Gasteiger charge is 2.10. The Bertz CT molecular complexity index is 528. The quantitative estimate of drug-likeness (QED) is 0.625. The van der Waals surface area contributed by atoms with Crippen LogP contribution in [0.1, 0.15) is 5.56 Å². The highest BCUT2D eigenvalue weighted by molar-refractivity contribution is 7.07. The fourth-order valence-electron chi connectivity index (χ4n) is 1.25. The predicted molar refractivity (Wildman–Crippen MR) is 66.8 cm³/mol. The second-order valence-corrected chi connectivity index (χ2v) is 4.48. The van der Waals surface area contributed by atoms with Crippen molar-refractivity contribution in [3.63, 3.8) is 0 Å². The van der Waals surface area contributed by atoms with Crippen molar-refractivity contribution in [1.29, 1.82) is 0 Å². The molecular weight excluding hydrogens is 262 g/mol. The van der Waals surface area contributed by atoms with Gasteiger partial charge in [0.2, 0.25) is 0 Å². The van der Waals surface area contributed by atoms with Gasteiger partial charge in [0.05, 0.1) is 16.0 Å². The first-order valence-corrected chi connectivity index (χ1v) is 6.06. The number of non-ortho nitro benzene ring substituents is 1. The van der Waals surface area contributed by atoms with Gasteiger partial charge in [0.25, 0.3) is 5.69 Å². The molecule has 0 radical (unpaired) electrons. The van der Waals surface area contributed by atoms with Gasteiger partial charge in [-0.2, -0.15) is 11.3 Å². The summed E-state index contributed by atoms with van der Waals surface area (Å²) in [5.41, 5.74) is 0.979. The fraction of sp³-hybridized carbons (Fsp3) is 0.0909. The highest BCUT2D eigenvalue weighted by atomic mass is 35.5. The van der Waals surface area contributed by atoms with Gasteiger partial charge < -0.3 is 4.74 Å². The largest absolute Gasteiger partial charge is 0.487 e. The van der Waals surface area contributed by atoms with Gasteiger partial charge in [-0.3, -0.25) is 10.1 Å². The van der Waals surface area contributed by atoms with Gasteiger partial charge in [-0.05, 0) is 28.5 Å². The summed E-state index contributed by atoms with van der Waals surface area (Å²) in [6, 6.07) is 6.06. The van der Waals surface area contributed by atoms with Crippen LogP contribution in [0, 0.1) is 10.1 Å². The van der Waals surface area contributed by atoms with Gasteiger partial charge in [0.1, 0.15) is 12.4 Å². The van der Waals surface area contributed by atoms with E-state index in [1.54, 1.807) is 11.3 Å². The van der Waals surface area contributed by atoms with E-state index < -0.39 is 4.92 Å². The number of nitro benzene ring substituents is 1. The van der Waals surface area contributed by atoms with E-state index in [0.717, 1.165) is 5.56 Å². The van der Waals surface area contributed by atoms with Crippen LogP contribution in [0.2, 0.25) is 5.02 Å². The number of nitrogens with zero attached hydrogens (tertiary/aromatic N) is 1. The average Bonchev–Trinajstić information content (AvgIpc) is 2.80. The molecule has 0 spiro atoms. The molecule has 0 bridgehead atoms. The Morgan fingerprint density at radius 3 is 2.88 bits per heavy atom. The third-order valence-corrected chi connectivity index (χ3v) is 3.14. The van der Waals surface area contributed by atoms with Crippen LogP contribution >= 0.6 is 22.9 Å². The molecular formula is C11H8ClNO3S. The molecule has 0 aliphatic rings. The first kappa shape index (κ1) is 11.9.